The van der Waals surface area contributed by atoms with Crippen molar-refractivity contribution in [2.24, 2.45) is 11.8 Å². The fraction of sp³-hybridized carbons (Fsp3) is 0.500. The average molecular weight is 502 g/mol. The van der Waals surface area contributed by atoms with Crippen molar-refractivity contribution in [2.45, 2.75) is 50.9 Å². The molecule has 0 bridgehead atoms. The molecule has 7 heteroatoms. The highest BCUT2D eigenvalue weighted by Crippen LogP contribution is 2.32. The van der Waals surface area contributed by atoms with E-state index in [2.05, 4.69) is 6.58 Å². The maximum Gasteiger partial charge on any atom is 0.217 e. The van der Waals surface area contributed by atoms with Gasteiger partial charge in [-0.1, -0.05) is 37.3 Å². The summed E-state index contributed by atoms with van der Waals surface area (Å²) in [6.07, 6.45) is 4.94. The van der Waals surface area contributed by atoms with E-state index in [1.165, 1.54) is 0 Å². The van der Waals surface area contributed by atoms with E-state index < -0.39 is 15.3 Å². The first-order valence-corrected chi connectivity index (χ1v) is 13.8. The molecule has 2 aromatic carbocycles. The Morgan fingerprint density at radius 1 is 0.971 bits per heavy atom. The number of benzene rings is 2. The number of sulfonamides is 1. The van der Waals surface area contributed by atoms with Crippen LogP contribution in [-0.2, 0) is 27.8 Å². The van der Waals surface area contributed by atoms with E-state index in [4.69, 9.17) is 14.2 Å². The third kappa shape index (κ3) is 7.56. The summed E-state index contributed by atoms with van der Waals surface area (Å²) >= 11 is 0. The Kier molecular flexibility index (Phi) is 10.2. The second-order valence-corrected chi connectivity index (χ2v) is 11.5. The largest absolute Gasteiger partial charge is 0.497 e. The Morgan fingerprint density at radius 3 is 1.89 bits per heavy atom. The van der Waals surface area contributed by atoms with Crippen molar-refractivity contribution in [3.8, 4) is 11.5 Å². The molecule has 192 valence electrons. The number of methoxy groups -OCH3 is 2. The van der Waals surface area contributed by atoms with Crippen LogP contribution in [0.25, 0.3) is 0 Å². The van der Waals surface area contributed by atoms with E-state index in [0.29, 0.717) is 45.1 Å². The van der Waals surface area contributed by atoms with Gasteiger partial charge >= 0.3 is 0 Å². The van der Waals surface area contributed by atoms with Gasteiger partial charge in [-0.05, 0) is 72.9 Å². The van der Waals surface area contributed by atoms with Crippen molar-refractivity contribution in [1.29, 1.82) is 0 Å². The van der Waals surface area contributed by atoms with Crippen LogP contribution in [0.1, 0.15) is 43.7 Å². The van der Waals surface area contributed by atoms with Gasteiger partial charge < -0.3 is 14.2 Å². The van der Waals surface area contributed by atoms with Crippen LogP contribution >= 0.6 is 0 Å². The number of ether oxygens (including phenoxy) is 3. The normalized spacial score (nSPS) is 16.6. The number of hydrogen-bond acceptors (Lipinski definition) is 5. The summed E-state index contributed by atoms with van der Waals surface area (Å²) in [5.41, 5.74) is 1.84. The first-order valence-electron chi connectivity index (χ1n) is 12.3. The third-order valence-electron chi connectivity index (χ3n) is 6.86. The zero-order valence-electron chi connectivity index (χ0n) is 21.2. The number of hydrogen-bond donors (Lipinski definition) is 0. The lowest BCUT2D eigenvalue weighted by Gasteiger charge is -2.34. The van der Waals surface area contributed by atoms with Gasteiger partial charge in [-0.25, -0.2) is 8.42 Å². The van der Waals surface area contributed by atoms with Crippen LogP contribution < -0.4 is 9.47 Å². The molecule has 2 aromatic rings. The minimum Gasteiger partial charge on any atom is -0.497 e. The van der Waals surface area contributed by atoms with Gasteiger partial charge in [0.1, 0.15) is 11.5 Å². The van der Waals surface area contributed by atoms with Crippen molar-refractivity contribution >= 4 is 10.0 Å². The molecule has 0 unspecified atom stereocenters. The van der Waals surface area contributed by atoms with Crippen LogP contribution in [0.2, 0.25) is 0 Å². The molecular weight excluding hydrogens is 462 g/mol. The van der Waals surface area contributed by atoms with E-state index in [0.717, 1.165) is 35.5 Å². The van der Waals surface area contributed by atoms with Gasteiger partial charge in [-0.15, -0.1) is 6.58 Å². The summed E-state index contributed by atoms with van der Waals surface area (Å²) < 4.78 is 46.3. The van der Waals surface area contributed by atoms with Gasteiger partial charge in [0, 0.05) is 26.3 Å². The minimum atomic E-state index is -3.63. The van der Waals surface area contributed by atoms with Crippen molar-refractivity contribution < 1.29 is 22.6 Å². The Bertz CT molecular complexity index is 965. The predicted molar refractivity (Wildman–Crippen MR) is 140 cm³/mol. The topological polar surface area (TPSA) is 65.1 Å². The quantitative estimate of drug-likeness (QED) is 0.342. The van der Waals surface area contributed by atoms with Crippen LogP contribution in [0, 0.1) is 11.8 Å². The van der Waals surface area contributed by atoms with Crippen molar-refractivity contribution in [3.63, 3.8) is 0 Å². The summed E-state index contributed by atoms with van der Waals surface area (Å²) in [4.78, 5) is 0. The molecular formula is C28H39NO5S. The second-order valence-electron chi connectivity index (χ2n) is 9.34. The van der Waals surface area contributed by atoms with Gasteiger partial charge in [0.05, 0.1) is 19.5 Å². The molecule has 1 fully saturated rings. The molecule has 6 nitrogen and oxygen atoms in total. The standard InChI is InChI=1S/C28H39NO5S/c1-5-6-22(2)28(19-23-15-17-34-18-16-23)35(30,31)29(20-24-7-11-26(32-3)12-8-24)21-25-9-13-27(33-4)14-10-25/h5,7-14,22-23,28H,1,6,15-21H2,2-4H3/t22-,28-/m1/s1. The van der Waals surface area contributed by atoms with Crippen LogP contribution in [0.15, 0.2) is 61.2 Å². The molecule has 1 heterocycles. The Morgan fingerprint density at radius 2 is 1.46 bits per heavy atom. The zero-order valence-corrected chi connectivity index (χ0v) is 22.0. The molecule has 3 rings (SSSR count). The summed E-state index contributed by atoms with van der Waals surface area (Å²) in [6, 6.07) is 15.2. The lowest BCUT2D eigenvalue weighted by atomic mass is 9.89. The van der Waals surface area contributed by atoms with E-state index in [-0.39, 0.29) is 5.92 Å². The van der Waals surface area contributed by atoms with Crippen molar-refractivity contribution in [1.82, 2.24) is 4.31 Å². The average Bonchev–Trinajstić information content (AvgIpc) is 2.88. The highest BCUT2D eigenvalue weighted by molar-refractivity contribution is 7.89. The monoisotopic (exact) mass is 501 g/mol. The second kappa shape index (κ2) is 13.1. The van der Waals surface area contributed by atoms with Gasteiger partial charge in [-0.3, -0.25) is 0 Å². The molecule has 0 N–H and O–H groups in total. The first kappa shape index (κ1) is 27.2. The smallest absolute Gasteiger partial charge is 0.217 e. The van der Waals surface area contributed by atoms with E-state index in [1.54, 1.807) is 18.5 Å². The number of nitrogens with zero attached hydrogens (tertiary/aromatic N) is 1. The third-order valence-corrected chi connectivity index (χ3v) is 9.26. The molecule has 0 aromatic heterocycles. The number of allylic oxidation sites excluding steroid dienone is 1. The zero-order chi connectivity index (χ0) is 25.3. The Hall–Kier alpha value is -2.35. The summed E-state index contributed by atoms with van der Waals surface area (Å²) in [6.45, 7) is 7.90. The SMILES string of the molecule is C=CC[C@@H](C)[C@@H](CC1CCOCC1)S(=O)(=O)N(Cc1ccc(OC)cc1)Cc1ccc(OC)cc1. The fourth-order valence-corrected chi connectivity index (χ4v) is 6.92. The molecule has 0 saturated carbocycles. The van der Waals surface area contributed by atoms with Gasteiger partial charge in [0.25, 0.3) is 0 Å². The first-order chi connectivity index (χ1) is 16.9. The summed E-state index contributed by atoms with van der Waals surface area (Å²) in [5, 5.41) is -0.486. The molecule has 2 atom stereocenters. The lowest BCUT2D eigenvalue weighted by Crippen LogP contribution is -2.42. The van der Waals surface area contributed by atoms with Crippen LogP contribution in [0.5, 0.6) is 11.5 Å². The van der Waals surface area contributed by atoms with E-state index >= 15 is 0 Å². The molecule has 1 aliphatic heterocycles. The molecule has 1 aliphatic rings. The minimum absolute atomic E-state index is 0.0328. The molecule has 0 amide bonds. The molecule has 0 aliphatic carbocycles. The molecule has 0 radical (unpaired) electrons. The van der Waals surface area contributed by atoms with Gasteiger partial charge in [0.2, 0.25) is 10.0 Å². The van der Waals surface area contributed by atoms with Crippen LogP contribution in [0.4, 0.5) is 0 Å². The maximum absolute atomic E-state index is 14.3. The molecule has 1 saturated heterocycles. The Labute approximate surface area is 210 Å². The highest BCUT2D eigenvalue weighted by Gasteiger charge is 2.37. The predicted octanol–water partition coefficient (Wildman–Crippen LogP) is 5.43. The lowest BCUT2D eigenvalue weighted by molar-refractivity contribution is 0.0622. The van der Waals surface area contributed by atoms with Crippen LogP contribution in [0.3, 0.4) is 0 Å². The number of rotatable bonds is 13. The van der Waals surface area contributed by atoms with Gasteiger partial charge in [-0.2, -0.15) is 4.31 Å². The summed E-state index contributed by atoms with van der Waals surface area (Å²) in [5.74, 6) is 1.81. The highest BCUT2D eigenvalue weighted by atomic mass is 32.2. The van der Waals surface area contributed by atoms with Crippen molar-refractivity contribution in [2.75, 3.05) is 27.4 Å². The van der Waals surface area contributed by atoms with Crippen LogP contribution in [-0.4, -0.2) is 45.4 Å². The van der Waals surface area contributed by atoms with Crippen molar-refractivity contribution in [3.05, 3.63) is 72.3 Å². The maximum atomic E-state index is 14.3. The molecule has 0 spiro atoms. The van der Waals surface area contributed by atoms with Gasteiger partial charge in [0.15, 0.2) is 0 Å². The molecule has 35 heavy (non-hydrogen) atoms. The van der Waals surface area contributed by atoms with E-state index in [9.17, 15) is 8.42 Å². The van der Waals surface area contributed by atoms with E-state index in [1.807, 2.05) is 61.5 Å². The summed E-state index contributed by atoms with van der Waals surface area (Å²) in [7, 11) is -0.385. The fourth-order valence-electron chi connectivity index (χ4n) is 4.67. The Balaban J connectivity index is 1.93.